The third kappa shape index (κ3) is 6.47. The zero-order valence-electron chi connectivity index (χ0n) is 20.6. The Labute approximate surface area is 196 Å². The number of ether oxygens (including phenoxy) is 4. The normalized spacial score (nSPS) is 25.8. The predicted octanol–water partition coefficient (Wildman–Crippen LogP) is 2.74. The Bertz CT molecular complexity index is 849. The van der Waals surface area contributed by atoms with Gasteiger partial charge in [0, 0.05) is 13.8 Å². The molecule has 0 aromatic heterocycles. The summed E-state index contributed by atoms with van der Waals surface area (Å²) in [6.07, 6.45) is -6.03. The van der Waals surface area contributed by atoms with Crippen LogP contribution >= 0.6 is 0 Å². The number of aliphatic hydroxyl groups is 2. The van der Waals surface area contributed by atoms with Crippen LogP contribution in [-0.4, -0.2) is 68.6 Å². The summed E-state index contributed by atoms with van der Waals surface area (Å²) in [6, 6.07) is 5.13. The molecule has 5 atom stereocenters. The summed E-state index contributed by atoms with van der Waals surface area (Å²) in [5.41, 5.74) is 0.533. The Morgan fingerprint density at radius 1 is 1.06 bits per heavy atom. The van der Waals surface area contributed by atoms with Crippen LogP contribution in [0.15, 0.2) is 18.2 Å². The molecule has 2 rings (SSSR count). The van der Waals surface area contributed by atoms with Crippen LogP contribution in [0, 0.1) is 0 Å². The number of carbonyl (C=O) groups is 2. The number of hydrogen-bond donors (Lipinski definition) is 2. The van der Waals surface area contributed by atoms with Gasteiger partial charge in [-0.2, -0.15) is 0 Å². The number of rotatable bonds is 7. The van der Waals surface area contributed by atoms with Crippen molar-refractivity contribution >= 4 is 20.3 Å². The van der Waals surface area contributed by atoms with Crippen LogP contribution in [0.1, 0.15) is 46.3 Å². The Kier molecular flexibility index (Phi) is 8.55. The molecule has 0 spiro atoms. The monoisotopic (exact) mass is 484 g/mol. The number of hydrogen-bond acceptors (Lipinski definition) is 9. The van der Waals surface area contributed by atoms with E-state index < -0.39 is 50.8 Å². The largest absolute Gasteiger partial charge is 0.541 e. The van der Waals surface area contributed by atoms with Gasteiger partial charge in [-0.15, -0.1) is 0 Å². The highest BCUT2D eigenvalue weighted by Crippen LogP contribution is 2.42. The fourth-order valence-corrected chi connectivity index (χ4v) is 4.28. The summed E-state index contributed by atoms with van der Waals surface area (Å²) in [5.74, 6) is -0.170. The van der Waals surface area contributed by atoms with Gasteiger partial charge in [-0.25, -0.2) is 0 Å². The Morgan fingerprint density at radius 2 is 1.70 bits per heavy atom. The number of aliphatic hydroxyl groups excluding tert-OH is 2. The molecule has 1 heterocycles. The SMILES string of the molecule is COc1ccc([C@H]2O[C@H](COC(C)=O)[C@@H](OC(C)=O)[C@H](O)[C@@H]2O)cc1O[Si](C)(C)C(C)(C)C. The average molecular weight is 485 g/mol. The highest BCUT2D eigenvalue weighted by Gasteiger charge is 2.47. The number of esters is 2. The van der Waals surface area contributed by atoms with Gasteiger partial charge in [-0.05, 0) is 35.8 Å². The molecular formula is C23H36O9Si. The van der Waals surface area contributed by atoms with E-state index in [1.54, 1.807) is 25.3 Å². The lowest BCUT2D eigenvalue weighted by Crippen LogP contribution is -2.57. The number of carbonyl (C=O) groups excluding carboxylic acids is 2. The summed E-state index contributed by atoms with van der Waals surface area (Å²) in [6.45, 7) is 12.7. The molecule has 0 unspecified atom stereocenters. The van der Waals surface area contributed by atoms with Crippen molar-refractivity contribution in [3.8, 4) is 11.5 Å². The number of methoxy groups -OCH3 is 1. The minimum Gasteiger partial charge on any atom is -0.541 e. The maximum Gasteiger partial charge on any atom is 0.303 e. The van der Waals surface area contributed by atoms with Crippen LogP contribution in [0.25, 0.3) is 0 Å². The molecule has 0 amide bonds. The van der Waals surface area contributed by atoms with E-state index in [1.165, 1.54) is 13.8 Å². The lowest BCUT2D eigenvalue weighted by molar-refractivity contribution is -0.242. The van der Waals surface area contributed by atoms with E-state index in [2.05, 4.69) is 33.9 Å². The molecule has 1 fully saturated rings. The van der Waals surface area contributed by atoms with Crippen molar-refractivity contribution in [3.05, 3.63) is 23.8 Å². The van der Waals surface area contributed by atoms with Crippen molar-refractivity contribution in [3.63, 3.8) is 0 Å². The van der Waals surface area contributed by atoms with Gasteiger partial charge in [0.2, 0.25) is 0 Å². The minimum absolute atomic E-state index is 0.0581. The number of benzene rings is 1. The molecule has 1 saturated heterocycles. The van der Waals surface area contributed by atoms with Crippen molar-refractivity contribution in [1.82, 2.24) is 0 Å². The van der Waals surface area contributed by atoms with Crippen LogP contribution in [0.2, 0.25) is 18.1 Å². The quantitative estimate of drug-likeness (QED) is 0.444. The molecule has 0 radical (unpaired) electrons. The van der Waals surface area contributed by atoms with Gasteiger partial charge in [-0.1, -0.05) is 26.8 Å². The molecule has 1 aliphatic rings. The topological polar surface area (TPSA) is 121 Å². The van der Waals surface area contributed by atoms with E-state index in [4.69, 9.17) is 23.4 Å². The molecule has 10 heteroatoms. The summed E-state index contributed by atoms with van der Waals surface area (Å²) >= 11 is 0. The summed E-state index contributed by atoms with van der Waals surface area (Å²) in [4.78, 5) is 22.8. The van der Waals surface area contributed by atoms with Gasteiger partial charge in [0.1, 0.15) is 36.8 Å². The smallest absolute Gasteiger partial charge is 0.303 e. The highest BCUT2D eigenvalue weighted by molar-refractivity contribution is 6.74. The molecule has 9 nitrogen and oxygen atoms in total. The molecule has 0 aliphatic carbocycles. The lowest BCUT2D eigenvalue weighted by Gasteiger charge is -2.42. The van der Waals surface area contributed by atoms with Crippen molar-refractivity contribution in [1.29, 1.82) is 0 Å². The van der Waals surface area contributed by atoms with Crippen molar-refractivity contribution < 1.29 is 43.2 Å². The highest BCUT2D eigenvalue weighted by atomic mass is 28.4. The summed E-state index contributed by atoms with van der Waals surface area (Å²) < 4.78 is 28.1. The molecule has 0 saturated carbocycles. The van der Waals surface area contributed by atoms with Gasteiger partial charge in [0.15, 0.2) is 11.9 Å². The van der Waals surface area contributed by atoms with Crippen LogP contribution in [-0.2, 0) is 23.8 Å². The maximum absolute atomic E-state index is 11.5. The third-order valence-electron chi connectivity index (χ3n) is 6.12. The van der Waals surface area contributed by atoms with Gasteiger partial charge in [0.05, 0.1) is 7.11 Å². The predicted molar refractivity (Wildman–Crippen MR) is 123 cm³/mol. The summed E-state index contributed by atoms with van der Waals surface area (Å²) in [5, 5.41) is 21.5. The van der Waals surface area contributed by atoms with Gasteiger partial charge >= 0.3 is 11.9 Å². The minimum atomic E-state index is -2.21. The van der Waals surface area contributed by atoms with E-state index in [0.717, 1.165) is 0 Å². The van der Waals surface area contributed by atoms with Crippen LogP contribution in [0.4, 0.5) is 0 Å². The first-order valence-electron chi connectivity index (χ1n) is 10.9. The molecule has 2 N–H and O–H groups in total. The second-order valence-corrected chi connectivity index (χ2v) is 14.5. The van der Waals surface area contributed by atoms with E-state index >= 15 is 0 Å². The molecule has 33 heavy (non-hydrogen) atoms. The Hall–Kier alpha value is -2.14. The molecule has 0 bridgehead atoms. The standard InChI is InChI=1S/C23H36O9Si/c1-13(24)29-12-18-22(30-14(2)25)20(27)19(26)21(31-18)15-9-10-16(28-6)17(11-15)32-33(7,8)23(3,4)5/h9-11,18-22,26-27H,12H2,1-8H3/t18-,19+,20-,21-,22-/m1/s1. The first kappa shape index (κ1) is 27.1. The first-order chi connectivity index (χ1) is 15.2. The first-order valence-corrected chi connectivity index (χ1v) is 13.8. The molecular weight excluding hydrogens is 448 g/mol. The van der Waals surface area contributed by atoms with E-state index in [0.29, 0.717) is 17.1 Å². The molecule has 1 aliphatic heterocycles. The van der Waals surface area contributed by atoms with Crippen molar-refractivity contribution in [2.24, 2.45) is 0 Å². The maximum atomic E-state index is 11.5. The van der Waals surface area contributed by atoms with E-state index in [1.807, 2.05) is 0 Å². The zero-order valence-corrected chi connectivity index (χ0v) is 21.6. The van der Waals surface area contributed by atoms with Gasteiger partial charge < -0.3 is 33.6 Å². The van der Waals surface area contributed by atoms with Gasteiger partial charge in [-0.3, -0.25) is 9.59 Å². The molecule has 186 valence electrons. The van der Waals surface area contributed by atoms with Crippen LogP contribution < -0.4 is 9.16 Å². The Morgan fingerprint density at radius 3 is 2.21 bits per heavy atom. The Balaban J connectivity index is 2.41. The van der Waals surface area contributed by atoms with Gasteiger partial charge in [0.25, 0.3) is 8.32 Å². The summed E-state index contributed by atoms with van der Waals surface area (Å²) in [7, 11) is -0.668. The van der Waals surface area contributed by atoms with Crippen molar-refractivity contribution in [2.75, 3.05) is 13.7 Å². The fourth-order valence-electron chi connectivity index (χ4n) is 3.26. The van der Waals surface area contributed by atoms with E-state index in [-0.39, 0.29) is 11.6 Å². The average Bonchev–Trinajstić information content (AvgIpc) is 2.69. The zero-order chi connectivity index (χ0) is 25.1. The van der Waals surface area contributed by atoms with Crippen LogP contribution in [0.5, 0.6) is 11.5 Å². The second-order valence-electron chi connectivity index (χ2n) is 9.73. The second kappa shape index (κ2) is 10.4. The van der Waals surface area contributed by atoms with E-state index in [9.17, 15) is 19.8 Å². The fraction of sp³-hybridized carbons (Fsp3) is 0.652. The third-order valence-corrected chi connectivity index (χ3v) is 10.5. The van der Waals surface area contributed by atoms with Crippen LogP contribution in [0.3, 0.4) is 0 Å². The molecule has 1 aromatic carbocycles. The molecule has 1 aromatic rings. The lowest BCUT2D eigenvalue weighted by atomic mass is 9.91. The van der Waals surface area contributed by atoms with Crippen molar-refractivity contribution in [2.45, 2.75) is 83.3 Å².